The third kappa shape index (κ3) is 2.45. The minimum absolute atomic E-state index is 0.638. The van der Waals surface area contributed by atoms with E-state index in [9.17, 15) is 0 Å². The van der Waals surface area contributed by atoms with Gasteiger partial charge >= 0.3 is 0 Å². The third-order valence-corrected chi connectivity index (χ3v) is 2.27. The van der Waals surface area contributed by atoms with Crippen molar-refractivity contribution < 1.29 is 0 Å². The topological polar surface area (TPSA) is 72.3 Å². The standard InChI is InChI=1S/C13H8N4/c14-8-13(9-15)17-16-12-6-5-10-3-1-2-4-11(10)7-12/h1-7,13H. The molecule has 0 unspecified atom stereocenters. The van der Waals surface area contributed by atoms with Crippen molar-refractivity contribution in [1.29, 1.82) is 10.5 Å². The van der Waals surface area contributed by atoms with E-state index in [-0.39, 0.29) is 0 Å². The number of fused-ring (bicyclic) bond motifs is 1. The van der Waals surface area contributed by atoms with Crippen LogP contribution in [-0.2, 0) is 0 Å². The first-order valence-corrected chi connectivity index (χ1v) is 5.02. The molecule has 80 valence electrons. The summed E-state index contributed by atoms with van der Waals surface area (Å²) in [5.41, 5.74) is 0.638. The van der Waals surface area contributed by atoms with Crippen LogP contribution in [0.5, 0.6) is 0 Å². The summed E-state index contributed by atoms with van der Waals surface area (Å²) in [6.07, 6.45) is 0. The lowest BCUT2D eigenvalue weighted by molar-refractivity contribution is 0.950. The lowest BCUT2D eigenvalue weighted by atomic mass is 10.1. The van der Waals surface area contributed by atoms with Gasteiger partial charge in [0.2, 0.25) is 6.04 Å². The predicted octanol–water partition coefficient (Wildman–Crippen LogP) is 3.34. The number of hydrogen-bond acceptors (Lipinski definition) is 4. The Labute approximate surface area is 98.4 Å². The Balaban J connectivity index is 2.32. The molecule has 17 heavy (non-hydrogen) atoms. The highest BCUT2D eigenvalue weighted by Gasteiger charge is 2.00. The van der Waals surface area contributed by atoms with Gasteiger partial charge in [-0.25, -0.2) is 0 Å². The molecule has 0 spiro atoms. The molecule has 2 rings (SSSR count). The maximum atomic E-state index is 8.55. The molecule has 0 N–H and O–H groups in total. The van der Waals surface area contributed by atoms with Crippen LogP contribution in [0.2, 0.25) is 0 Å². The Morgan fingerprint density at radius 1 is 0.941 bits per heavy atom. The minimum atomic E-state index is -1.04. The van der Waals surface area contributed by atoms with E-state index in [0.717, 1.165) is 10.8 Å². The van der Waals surface area contributed by atoms with Gasteiger partial charge in [-0.3, -0.25) is 0 Å². The zero-order valence-corrected chi connectivity index (χ0v) is 8.91. The molecule has 0 bridgehead atoms. The van der Waals surface area contributed by atoms with Crippen molar-refractivity contribution in [3.05, 3.63) is 42.5 Å². The molecule has 0 amide bonds. The fraction of sp³-hybridized carbons (Fsp3) is 0.0769. The molecule has 2 aromatic rings. The van der Waals surface area contributed by atoms with Crippen LogP contribution in [0.4, 0.5) is 5.69 Å². The molecule has 0 radical (unpaired) electrons. The molecule has 0 atom stereocenters. The Morgan fingerprint density at radius 3 is 2.35 bits per heavy atom. The van der Waals surface area contributed by atoms with E-state index < -0.39 is 6.04 Å². The van der Waals surface area contributed by atoms with Gasteiger partial charge in [0, 0.05) is 0 Å². The predicted molar refractivity (Wildman–Crippen MR) is 63.5 cm³/mol. The monoisotopic (exact) mass is 220 g/mol. The highest BCUT2D eigenvalue weighted by Crippen LogP contribution is 2.21. The van der Waals surface area contributed by atoms with Crippen LogP contribution in [0.15, 0.2) is 52.7 Å². The van der Waals surface area contributed by atoms with E-state index in [2.05, 4.69) is 10.2 Å². The number of benzene rings is 2. The van der Waals surface area contributed by atoms with Crippen molar-refractivity contribution >= 4 is 16.5 Å². The van der Waals surface area contributed by atoms with Gasteiger partial charge in [-0.2, -0.15) is 20.8 Å². The van der Waals surface area contributed by atoms with E-state index in [1.807, 2.05) is 36.4 Å². The summed E-state index contributed by atoms with van der Waals surface area (Å²) in [5, 5.41) is 26.8. The summed E-state index contributed by atoms with van der Waals surface area (Å²) in [6.45, 7) is 0. The van der Waals surface area contributed by atoms with Crippen molar-refractivity contribution in [1.82, 2.24) is 0 Å². The second kappa shape index (κ2) is 4.87. The van der Waals surface area contributed by atoms with Gasteiger partial charge in [0.15, 0.2) is 0 Å². The van der Waals surface area contributed by atoms with Crippen LogP contribution in [-0.4, -0.2) is 6.04 Å². The Morgan fingerprint density at radius 2 is 1.65 bits per heavy atom. The Bertz CT molecular complexity index is 632. The number of azo groups is 1. The summed E-state index contributed by atoms with van der Waals surface area (Å²) in [7, 11) is 0. The highest BCUT2D eigenvalue weighted by molar-refractivity contribution is 5.84. The van der Waals surface area contributed by atoms with Crippen LogP contribution in [0.1, 0.15) is 0 Å². The molecular formula is C13H8N4. The van der Waals surface area contributed by atoms with Crippen LogP contribution in [0, 0.1) is 22.7 Å². The van der Waals surface area contributed by atoms with Crippen LogP contribution >= 0.6 is 0 Å². The summed E-state index contributed by atoms with van der Waals surface area (Å²) >= 11 is 0. The van der Waals surface area contributed by atoms with Crippen LogP contribution in [0.3, 0.4) is 0 Å². The SMILES string of the molecule is N#CC(C#N)N=Nc1ccc2ccccc2c1. The highest BCUT2D eigenvalue weighted by atomic mass is 15.1. The number of rotatable bonds is 2. The van der Waals surface area contributed by atoms with Crippen LogP contribution in [0.25, 0.3) is 10.8 Å². The van der Waals surface area contributed by atoms with Gasteiger partial charge in [0.1, 0.15) is 12.1 Å². The van der Waals surface area contributed by atoms with E-state index >= 15 is 0 Å². The van der Waals surface area contributed by atoms with Crippen LogP contribution < -0.4 is 0 Å². The average molecular weight is 220 g/mol. The number of hydrogen-bond donors (Lipinski definition) is 0. The molecule has 0 aliphatic heterocycles. The van der Waals surface area contributed by atoms with E-state index in [0.29, 0.717) is 5.69 Å². The van der Waals surface area contributed by atoms with Gasteiger partial charge in [0.25, 0.3) is 0 Å². The molecule has 0 aliphatic carbocycles. The van der Waals surface area contributed by atoms with Gasteiger partial charge < -0.3 is 0 Å². The summed E-state index contributed by atoms with van der Waals surface area (Å²) < 4.78 is 0. The zero-order valence-electron chi connectivity index (χ0n) is 8.91. The molecule has 0 aliphatic rings. The first-order chi connectivity index (χ1) is 8.33. The maximum absolute atomic E-state index is 8.55. The number of nitriles is 2. The molecule has 4 heteroatoms. The molecule has 4 nitrogen and oxygen atoms in total. The fourth-order valence-electron chi connectivity index (χ4n) is 1.44. The lowest BCUT2D eigenvalue weighted by Gasteiger charge is -1.97. The molecular weight excluding hydrogens is 212 g/mol. The Kier molecular flexibility index (Phi) is 3.09. The molecule has 0 saturated heterocycles. The molecule has 0 fully saturated rings. The van der Waals surface area contributed by atoms with Crippen molar-refractivity contribution in [3.63, 3.8) is 0 Å². The second-order valence-electron chi connectivity index (χ2n) is 3.41. The summed E-state index contributed by atoms with van der Waals surface area (Å²) in [4.78, 5) is 0. The van der Waals surface area contributed by atoms with Gasteiger partial charge in [-0.05, 0) is 22.9 Å². The second-order valence-corrected chi connectivity index (χ2v) is 3.41. The summed E-state index contributed by atoms with van der Waals surface area (Å²) in [5.74, 6) is 0. The first kappa shape index (κ1) is 10.8. The largest absolute Gasteiger partial charge is 0.242 e. The minimum Gasteiger partial charge on any atom is -0.195 e. The van der Waals surface area contributed by atoms with E-state index in [1.54, 1.807) is 18.2 Å². The number of nitrogens with zero attached hydrogens (tertiary/aromatic N) is 4. The van der Waals surface area contributed by atoms with Crippen molar-refractivity contribution in [2.75, 3.05) is 0 Å². The van der Waals surface area contributed by atoms with Gasteiger partial charge in [-0.15, -0.1) is 0 Å². The normalized spacial score (nSPS) is 10.5. The molecule has 0 heterocycles. The van der Waals surface area contributed by atoms with Gasteiger partial charge in [0.05, 0.1) is 5.69 Å². The molecule has 0 aromatic heterocycles. The van der Waals surface area contributed by atoms with Gasteiger partial charge in [-0.1, -0.05) is 30.3 Å². The van der Waals surface area contributed by atoms with Crippen molar-refractivity contribution in [2.24, 2.45) is 10.2 Å². The molecule has 0 saturated carbocycles. The summed E-state index contributed by atoms with van der Waals surface area (Å²) in [6, 6.07) is 15.9. The van der Waals surface area contributed by atoms with Crippen molar-refractivity contribution in [2.45, 2.75) is 6.04 Å². The average Bonchev–Trinajstić information content (AvgIpc) is 2.40. The van der Waals surface area contributed by atoms with Crippen molar-refractivity contribution in [3.8, 4) is 12.1 Å². The Hall–Kier alpha value is -2.72. The lowest BCUT2D eigenvalue weighted by Crippen LogP contribution is -1.92. The quantitative estimate of drug-likeness (QED) is 0.728. The zero-order chi connectivity index (χ0) is 12.1. The molecule has 2 aromatic carbocycles. The first-order valence-electron chi connectivity index (χ1n) is 5.02. The van der Waals surface area contributed by atoms with E-state index in [1.165, 1.54) is 0 Å². The fourth-order valence-corrected chi connectivity index (χ4v) is 1.44. The third-order valence-electron chi connectivity index (χ3n) is 2.27. The maximum Gasteiger partial charge on any atom is 0.242 e. The van der Waals surface area contributed by atoms with E-state index in [4.69, 9.17) is 10.5 Å². The smallest absolute Gasteiger partial charge is 0.195 e.